The van der Waals surface area contributed by atoms with Gasteiger partial charge >= 0.3 is 29.6 Å². The van der Waals surface area contributed by atoms with Gasteiger partial charge < -0.3 is 4.55 Å². The molecule has 0 aliphatic carbocycles. The van der Waals surface area contributed by atoms with E-state index < -0.39 is 10.4 Å². The zero-order valence-electron chi connectivity index (χ0n) is 13.2. The summed E-state index contributed by atoms with van der Waals surface area (Å²) < 4.78 is 34.6. The maximum absolute atomic E-state index is 10.2. The van der Waals surface area contributed by atoms with Gasteiger partial charge in [-0.05, 0) is 6.42 Å². The molecule has 0 aromatic rings. The van der Waals surface area contributed by atoms with Crippen molar-refractivity contribution < 1.29 is 46.7 Å². The Morgan fingerprint density at radius 3 is 1.45 bits per heavy atom. The van der Waals surface area contributed by atoms with Crippen LogP contribution in [0.4, 0.5) is 0 Å². The molecule has 0 radical (unpaired) electrons. The Balaban J connectivity index is 0. The summed E-state index contributed by atoms with van der Waals surface area (Å²) in [5.41, 5.74) is 0. The topological polar surface area (TPSA) is 66.4 Å². The third-order valence-corrected chi connectivity index (χ3v) is 3.68. The van der Waals surface area contributed by atoms with Gasteiger partial charge in [0.05, 0.1) is 6.61 Å². The minimum absolute atomic E-state index is 0. The van der Waals surface area contributed by atoms with Crippen LogP contribution >= 0.6 is 0 Å². The van der Waals surface area contributed by atoms with Crippen molar-refractivity contribution in [2.45, 2.75) is 84.0 Å². The van der Waals surface area contributed by atoms with Crippen molar-refractivity contribution in [2.24, 2.45) is 0 Å². The zero-order valence-corrected chi connectivity index (χ0v) is 16.1. The molecular formula is C14H29NaO4S. The predicted octanol–water partition coefficient (Wildman–Crippen LogP) is 1.17. The molecule has 0 aromatic carbocycles. The molecule has 0 aliphatic rings. The first kappa shape index (κ1) is 23.1. The van der Waals surface area contributed by atoms with Gasteiger partial charge in [0, 0.05) is 0 Å². The van der Waals surface area contributed by atoms with Gasteiger partial charge in [0.25, 0.3) is 0 Å². The smallest absolute Gasteiger partial charge is 0.726 e. The van der Waals surface area contributed by atoms with Crippen LogP contribution in [0.2, 0.25) is 0 Å². The summed E-state index contributed by atoms with van der Waals surface area (Å²) in [6.45, 7) is 2.26. The van der Waals surface area contributed by atoms with Crippen LogP contribution in [0, 0.1) is 0 Å². The fourth-order valence-corrected chi connectivity index (χ4v) is 2.43. The van der Waals surface area contributed by atoms with Crippen molar-refractivity contribution in [3.05, 3.63) is 0 Å². The second-order valence-electron chi connectivity index (χ2n) is 5.12. The van der Waals surface area contributed by atoms with E-state index in [1.54, 1.807) is 0 Å². The minimum atomic E-state index is -4.49. The van der Waals surface area contributed by atoms with E-state index in [-0.39, 0.29) is 36.2 Å². The maximum Gasteiger partial charge on any atom is 1.00 e. The van der Waals surface area contributed by atoms with Crippen LogP contribution in [0.5, 0.6) is 0 Å². The molecule has 4 nitrogen and oxygen atoms in total. The Hall–Kier alpha value is 0.870. The molecular weight excluding hydrogens is 287 g/mol. The van der Waals surface area contributed by atoms with Gasteiger partial charge in [-0.25, -0.2) is 8.42 Å². The van der Waals surface area contributed by atoms with Gasteiger partial charge in [-0.2, -0.15) is 0 Å². The summed E-state index contributed by atoms with van der Waals surface area (Å²) in [5.74, 6) is 0. The van der Waals surface area contributed by atoms with Crippen LogP contribution < -0.4 is 29.6 Å². The second kappa shape index (κ2) is 16.2. The van der Waals surface area contributed by atoms with Gasteiger partial charge in [0.1, 0.15) is 0 Å². The first-order chi connectivity index (χ1) is 9.06. The minimum Gasteiger partial charge on any atom is -0.726 e. The summed E-state index contributed by atoms with van der Waals surface area (Å²) in [6, 6.07) is 0. The number of unbranched alkanes of at least 4 members (excludes halogenated alkanes) is 11. The average Bonchev–Trinajstić information content (AvgIpc) is 2.34. The molecule has 0 amide bonds. The number of rotatable bonds is 14. The summed E-state index contributed by atoms with van der Waals surface area (Å²) in [6.07, 6.45) is 14.5. The second-order valence-corrected chi connectivity index (χ2v) is 6.17. The standard InChI is InChI=1S/C14H30O4S.Na/c1-2-3-4-5-6-7-8-9-10-11-12-13-14-18-19(15,16)17;/h2-14H2,1H3,(H,15,16,17);/q;+1/p-1. The van der Waals surface area contributed by atoms with Gasteiger partial charge in [-0.3, -0.25) is 4.18 Å². The van der Waals surface area contributed by atoms with Gasteiger partial charge in [-0.15, -0.1) is 0 Å². The van der Waals surface area contributed by atoms with E-state index >= 15 is 0 Å². The molecule has 0 fully saturated rings. The third-order valence-electron chi connectivity index (χ3n) is 3.23. The van der Waals surface area contributed by atoms with Crippen molar-refractivity contribution in [2.75, 3.05) is 6.61 Å². The van der Waals surface area contributed by atoms with E-state index in [0.29, 0.717) is 6.42 Å². The quantitative estimate of drug-likeness (QED) is 0.209. The van der Waals surface area contributed by atoms with Gasteiger partial charge in [0.2, 0.25) is 10.4 Å². The molecule has 0 bridgehead atoms. The molecule has 0 N–H and O–H groups in total. The molecule has 0 heterocycles. The Kier molecular flexibility index (Phi) is 18.8. The molecule has 6 heteroatoms. The number of hydrogen-bond acceptors (Lipinski definition) is 4. The molecule has 0 aliphatic heterocycles. The van der Waals surface area contributed by atoms with Crippen molar-refractivity contribution in [3.8, 4) is 0 Å². The Labute approximate surface area is 147 Å². The van der Waals surface area contributed by atoms with E-state index in [2.05, 4.69) is 11.1 Å². The summed E-state index contributed by atoms with van der Waals surface area (Å²) in [4.78, 5) is 0. The Morgan fingerprint density at radius 2 is 1.10 bits per heavy atom. The average molecular weight is 316 g/mol. The largest absolute Gasteiger partial charge is 1.00 e. The van der Waals surface area contributed by atoms with Gasteiger partial charge in [0.15, 0.2) is 0 Å². The van der Waals surface area contributed by atoms with Crippen LogP contribution in [0.1, 0.15) is 84.0 Å². The Bertz CT molecular complexity index is 281. The first-order valence-corrected chi connectivity index (χ1v) is 9.00. The fourth-order valence-electron chi connectivity index (χ4n) is 2.10. The molecule has 0 aromatic heterocycles. The molecule has 0 saturated heterocycles. The first-order valence-electron chi connectivity index (χ1n) is 7.66. The van der Waals surface area contributed by atoms with Crippen LogP contribution in [-0.4, -0.2) is 19.6 Å². The molecule has 0 saturated carbocycles. The van der Waals surface area contributed by atoms with E-state index in [4.69, 9.17) is 0 Å². The van der Waals surface area contributed by atoms with Crippen molar-refractivity contribution in [1.29, 1.82) is 0 Å². The van der Waals surface area contributed by atoms with Crippen molar-refractivity contribution in [1.82, 2.24) is 0 Å². The zero-order chi connectivity index (χ0) is 14.4. The SMILES string of the molecule is CCCCCCCCCCCCCCOS(=O)(=O)[O-].[Na+]. The van der Waals surface area contributed by atoms with E-state index in [1.165, 1.54) is 57.8 Å². The number of hydrogen-bond donors (Lipinski definition) is 0. The van der Waals surface area contributed by atoms with Crippen LogP contribution in [0.3, 0.4) is 0 Å². The summed E-state index contributed by atoms with van der Waals surface area (Å²) in [7, 11) is -4.49. The normalized spacial score (nSPS) is 11.3. The van der Waals surface area contributed by atoms with E-state index in [0.717, 1.165) is 12.8 Å². The van der Waals surface area contributed by atoms with Gasteiger partial charge in [-0.1, -0.05) is 77.6 Å². The Morgan fingerprint density at radius 1 is 0.750 bits per heavy atom. The fraction of sp³-hybridized carbons (Fsp3) is 1.00. The van der Waals surface area contributed by atoms with E-state index in [9.17, 15) is 13.0 Å². The van der Waals surface area contributed by atoms with E-state index in [1.807, 2.05) is 0 Å². The van der Waals surface area contributed by atoms with Crippen LogP contribution in [-0.2, 0) is 14.6 Å². The van der Waals surface area contributed by atoms with Crippen LogP contribution in [0.15, 0.2) is 0 Å². The predicted molar refractivity (Wildman–Crippen MR) is 76.7 cm³/mol. The van der Waals surface area contributed by atoms with Crippen LogP contribution in [0.25, 0.3) is 0 Å². The molecule has 0 unspecified atom stereocenters. The van der Waals surface area contributed by atoms with Crippen molar-refractivity contribution in [3.63, 3.8) is 0 Å². The monoisotopic (exact) mass is 316 g/mol. The molecule has 116 valence electrons. The van der Waals surface area contributed by atoms with Crippen molar-refractivity contribution >= 4 is 10.4 Å². The molecule has 0 spiro atoms. The molecule has 20 heavy (non-hydrogen) atoms. The summed E-state index contributed by atoms with van der Waals surface area (Å²) in [5, 5.41) is 0. The molecule has 0 rings (SSSR count). The maximum atomic E-state index is 10.2. The third kappa shape index (κ3) is 21.2. The summed E-state index contributed by atoms with van der Waals surface area (Å²) >= 11 is 0. The molecule has 0 atom stereocenters.